The van der Waals surface area contributed by atoms with Crippen molar-refractivity contribution in [2.75, 3.05) is 25.1 Å². The molecule has 20 heavy (non-hydrogen) atoms. The number of carbonyl (C=O) groups is 1. The maximum absolute atomic E-state index is 13.0. The van der Waals surface area contributed by atoms with E-state index in [1.165, 1.54) is 0 Å². The van der Waals surface area contributed by atoms with Crippen molar-refractivity contribution in [3.05, 3.63) is 24.3 Å². The molecule has 1 aromatic rings. The van der Waals surface area contributed by atoms with Gasteiger partial charge in [-0.25, -0.2) is 8.78 Å². The van der Waals surface area contributed by atoms with Crippen molar-refractivity contribution in [3.63, 3.8) is 0 Å². The number of aliphatic carboxylic acids is 1. The van der Waals surface area contributed by atoms with E-state index in [-0.39, 0.29) is 12.8 Å². The molecule has 4 nitrogen and oxygen atoms in total. The SMILES string of the molecule is COc1ccc(N2CCC(C(=O)O)(C(F)F)CC2)cc1. The molecule has 1 aliphatic rings. The predicted octanol–water partition coefficient (Wildman–Crippen LogP) is 2.63. The third kappa shape index (κ3) is 2.55. The number of halogens is 2. The molecular formula is C14H17F2NO3. The van der Waals surface area contributed by atoms with Gasteiger partial charge >= 0.3 is 5.97 Å². The third-order valence-corrected chi connectivity index (χ3v) is 3.94. The highest BCUT2D eigenvalue weighted by Gasteiger charge is 2.49. The maximum atomic E-state index is 13.0. The van der Waals surface area contributed by atoms with Crippen molar-refractivity contribution in [2.24, 2.45) is 5.41 Å². The molecule has 1 fully saturated rings. The van der Waals surface area contributed by atoms with E-state index in [1.54, 1.807) is 19.2 Å². The fourth-order valence-electron chi connectivity index (χ4n) is 2.48. The van der Waals surface area contributed by atoms with Crippen molar-refractivity contribution in [3.8, 4) is 5.75 Å². The van der Waals surface area contributed by atoms with E-state index < -0.39 is 17.8 Å². The number of piperidine rings is 1. The van der Waals surface area contributed by atoms with Gasteiger partial charge in [0.05, 0.1) is 7.11 Å². The fraction of sp³-hybridized carbons (Fsp3) is 0.500. The van der Waals surface area contributed by atoms with Gasteiger partial charge in [0, 0.05) is 18.8 Å². The first-order chi connectivity index (χ1) is 9.49. The average molecular weight is 285 g/mol. The van der Waals surface area contributed by atoms with Crippen LogP contribution >= 0.6 is 0 Å². The average Bonchev–Trinajstić information content (AvgIpc) is 2.47. The van der Waals surface area contributed by atoms with Crippen LogP contribution < -0.4 is 9.64 Å². The van der Waals surface area contributed by atoms with Crippen LogP contribution in [-0.2, 0) is 4.79 Å². The number of benzene rings is 1. The summed E-state index contributed by atoms with van der Waals surface area (Å²) in [7, 11) is 1.57. The Labute approximate surface area is 116 Å². The molecule has 0 amide bonds. The third-order valence-electron chi connectivity index (χ3n) is 3.94. The normalized spacial score (nSPS) is 18.1. The fourth-order valence-corrected chi connectivity index (χ4v) is 2.48. The lowest BCUT2D eigenvalue weighted by molar-refractivity contribution is -0.161. The Balaban J connectivity index is 2.08. The molecule has 0 saturated carbocycles. The lowest BCUT2D eigenvalue weighted by atomic mass is 9.78. The molecule has 0 bridgehead atoms. The summed E-state index contributed by atoms with van der Waals surface area (Å²) in [5, 5.41) is 9.07. The molecule has 0 aromatic heterocycles. The molecule has 1 saturated heterocycles. The monoisotopic (exact) mass is 285 g/mol. The lowest BCUT2D eigenvalue weighted by Crippen LogP contribution is -2.48. The van der Waals surface area contributed by atoms with Gasteiger partial charge in [0.25, 0.3) is 6.43 Å². The summed E-state index contributed by atoms with van der Waals surface area (Å²) in [4.78, 5) is 13.0. The number of carboxylic acids is 1. The van der Waals surface area contributed by atoms with Gasteiger partial charge in [-0.05, 0) is 37.1 Å². The smallest absolute Gasteiger partial charge is 0.315 e. The Morgan fingerprint density at radius 2 is 1.85 bits per heavy atom. The molecule has 6 heteroatoms. The van der Waals surface area contributed by atoms with Crippen LogP contribution in [0.2, 0.25) is 0 Å². The summed E-state index contributed by atoms with van der Waals surface area (Å²) in [5.41, 5.74) is -1.01. The molecule has 0 atom stereocenters. The Bertz CT molecular complexity index is 468. The molecule has 0 spiro atoms. The van der Waals surface area contributed by atoms with E-state index in [9.17, 15) is 13.6 Å². The topological polar surface area (TPSA) is 49.8 Å². The predicted molar refractivity (Wildman–Crippen MR) is 70.5 cm³/mol. The van der Waals surface area contributed by atoms with Crippen LogP contribution in [0, 0.1) is 5.41 Å². The maximum Gasteiger partial charge on any atom is 0.315 e. The first-order valence-corrected chi connectivity index (χ1v) is 6.40. The standard InChI is InChI=1S/C14H17F2NO3/c1-20-11-4-2-10(3-5-11)17-8-6-14(7-9-17,12(15)16)13(18)19/h2-5,12H,6-9H2,1H3,(H,18,19). The van der Waals surface area contributed by atoms with Crippen molar-refractivity contribution in [1.82, 2.24) is 0 Å². The van der Waals surface area contributed by atoms with Crippen molar-refractivity contribution < 1.29 is 23.4 Å². The number of nitrogens with zero attached hydrogens (tertiary/aromatic N) is 1. The molecule has 0 radical (unpaired) electrons. The minimum Gasteiger partial charge on any atom is -0.497 e. The van der Waals surface area contributed by atoms with Gasteiger partial charge in [-0.3, -0.25) is 4.79 Å². The van der Waals surface area contributed by atoms with Gasteiger partial charge in [-0.1, -0.05) is 0 Å². The van der Waals surface area contributed by atoms with E-state index in [0.717, 1.165) is 11.4 Å². The lowest BCUT2D eigenvalue weighted by Gasteiger charge is -2.39. The van der Waals surface area contributed by atoms with E-state index in [0.29, 0.717) is 13.1 Å². The first-order valence-electron chi connectivity index (χ1n) is 6.40. The van der Waals surface area contributed by atoms with Crippen LogP contribution in [-0.4, -0.2) is 37.7 Å². The van der Waals surface area contributed by atoms with E-state index >= 15 is 0 Å². The van der Waals surface area contributed by atoms with E-state index in [2.05, 4.69) is 0 Å². The van der Waals surface area contributed by atoms with Crippen LogP contribution in [0.5, 0.6) is 5.75 Å². The van der Waals surface area contributed by atoms with Gasteiger partial charge < -0.3 is 14.7 Å². The zero-order chi connectivity index (χ0) is 14.8. The highest BCUT2D eigenvalue weighted by Crippen LogP contribution is 2.39. The minimum atomic E-state index is -2.84. The highest BCUT2D eigenvalue weighted by molar-refractivity contribution is 5.75. The molecule has 0 unspecified atom stereocenters. The van der Waals surface area contributed by atoms with Crippen LogP contribution in [0.3, 0.4) is 0 Å². The van der Waals surface area contributed by atoms with Gasteiger partial charge in [0.2, 0.25) is 0 Å². The summed E-state index contributed by atoms with van der Waals surface area (Å²) in [5.74, 6) is -0.680. The van der Waals surface area contributed by atoms with Crippen LogP contribution in [0.25, 0.3) is 0 Å². The molecule has 110 valence electrons. The number of alkyl halides is 2. The first kappa shape index (κ1) is 14.6. The van der Waals surface area contributed by atoms with Crippen LogP contribution in [0.4, 0.5) is 14.5 Å². The summed E-state index contributed by atoms with van der Waals surface area (Å²) in [6, 6.07) is 7.27. The number of carboxylic acid groups (broad SMARTS) is 1. The number of anilines is 1. The molecule has 1 N–H and O–H groups in total. The minimum absolute atomic E-state index is 0.0496. The van der Waals surface area contributed by atoms with Crippen LogP contribution in [0.15, 0.2) is 24.3 Å². The largest absolute Gasteiger partial charge is 0.497 e. The van der Waals surface area contributed by atoms with Crippen molar-refractivity contribution >= 4 is 11.7 Å². The second kappa shape index (κ2) is 5.64. The number of hydrogen-bond donors (Lipinski definition) is 1. The molecule has 0 aliphatic carbocycles. The number of methoxy groups -OCH3 is 1. The number of rotatable bonds is 4. The second-order valence-corrected chi connectivity index (χ2v) is 4.95. The summed E-state index contributed by atoms with van der Waals surface area (Å²) >= 11 is 0. The molecule has 1 aromatic carbocycles. The number of ether oxygens (including phenoxy) is 1. The molecular weight excluding hydrogens is 268 g/mol. The van der Waals surface area contributed by atoms with E-state index in [4.69, 9.17) is 9.84 Å². The van der Waals surface area contributed by atoms with Gasteiger partial charge in [-0.2, -0.15) is 0 Å². The van der Waals surface area contributed by atoms with Gasteiger partial charge in [-0.15, -0.1) is 0 Å². The van der Waals surface area contributed by atoms with Gasteiger partial charge in [0.15, 0.2) is 0 Å². The Morgan fingerprint density at radius 3 is 2.25 bits per heavy atom. The Kier molecular flexibility index (Phi) is 4.11. The zero-order valence-electron chi connectivity index (χ0n) is 11.2. The highest BCUT2D eigenvalue weighted by atomic mass is 19.3. The summed E-state index contributed by atoms with van der Waals surface area (Å²) in [6.07, 6.45) is -2.93. The number of hydrogen-bond acceptors (Lipinski definition) is 3. The Hall–Kier alpha value is -1.85. The zero-order valence-corrected chi connectivity index (χ0v) is 11.2. The van der Waals surface area contributed by atoms with Crippen molar-refractivity contribution in [2.45, 2.75) is 19.3 Å². The van der Waals surface area contributed by atoms with Crippen LogP contribution in [0.1, 0.15) is 12.8 Å². The van der Waals surface area contributed by atoms with Crippen molar-refractivity contribution in [1.29, 1.82) is 0 Å². The van der Waals surface area contributed by atoms with Gasteiger partial charge in [0.1, 0.15) is 11.2 Å². The second-order valence-electron chi connectivity index (χ2n) is 4.95. The quantitative estimate of drug-likeness (QED) is 0.924. The molecule has 1 aliphatic heterocycles. The summed E-state index contributed by atoms with van der Waals surface area (Å²) in [6.45, 7) is 0.617. The van der Waals surface area contributed by atoms with E-state index in [1.807, 2.05) is 17.0 Å². The molecule has 1 heterocycles. The Morgan fingerprint density at radius 1 is 1.30 bits per heavy atom. The molecule has 2 rings (SSSR count). The summed E-state index contributed by atoms with van der Waals surface area (Å²) < 4.78 is 31.1.